The van der Waals surface area contributed by atoms with Crippen LogP contribution in [-0.2, 0) is 12.8 Å². The molecule has 0 radical (unpaired) electrons. The summed E-state index contributed by atoms with van der Waals surface area (Å²) in [5.41, 5.74) is 14.7. The number of aliphatic hydroxyl groups is 1. The third-order valence-corrected chi connectivity index (χ3v) is 10.1. The summed E-state index contributed by atoms with van der Waals surface area (Å²) in [5, 5.41) is 20.6. The van der Waals surface area contributed by atoms with Crippen LogP contribution in [0.2, 0.25) is 0 Å². The maximum atomic E-state index is 10.9. The average Bonchev–Trinajstić information content (AvgIpc) is 3.28. The molecule has 0 unspecified atom stereocenters. The van der Waals surface area contributed by atoms with Crippen molar-refractivity contribution in [2.45, 2.75) is 63.4 Å². The molecule has 9 heteroatoms. The minimum absolute atomic E-state index is 0.128. The molecule has 6 rings (SSSR count). The van der Waals surface area contributed by atoms with Crippen molar-refractivity contribution in [3.8, 4) is 35.3 Å². The van der Waals surface area contributed by atoms with Gasteiger partial charge in [0.2, 0.25) is 11.7 Å². The third kappa shape index (κ3) is 5.40. The van der Waals surface area contributed by atoms with Crippen molar-refractivity contribution in [2.24, 2.45) is 17.3 Å². The van der Waals surface area contributed by atoms with Gasteiger partial charge in [0.25, 0.3) is 0 Å². The number of benzene rings is 2. The average molecular weight is 587 g/mol. The standard InChI is InChI=1S/C20H24O2.C14H18N4O3/c1-3-20(22)11-9-18-17-6-4-13-12-14(21)5-7-15(13)16(17)8-10-19(18,20)2;1-19-10-5-8(6-11(20-2)12(10)21-3)4-9-7-17-14(16)18-13(9)15/h1,5,7,12,16-18,21-22H,4,6,8-11H2,2H3;5-7H,4H2,1-3H3,(H4,15,16,17,18)/t16-,17-,18+,19+,20+;/m1./s1. The van der Waals surface area contributed by atoms with Gasteiger partial charge in [-0.3, -0.25) is 0 Å². The summed E-state index contributed by atoms with van der Waals surface area (Å²) < 4.78 is 15.9. The fourth-order valence-corrected chi connectivity index (χ4v) is 7.85. The largest absolute Gasteiger partial charge is 0.508 e. The van der Waals surface area contributed by atoms with E-state index in [9.17, 15) is 10.2 Å². The minimum atomic E-state index is -0.919. The van der Waals surface area contributed by atoms with Gasteiger partial charge in [0, 0.05) is 23.6 Å². The number of anilines is 2. The Balaban J connectivity index is 0.000000172. The van der Waals surface area contributed by atoms with Crippen LogP contribution in [0.1, 0.15) is 67.2 Å². The second-order valence-corrected chi connectivity index (χ2v) is 12.1. The summed E-state index contributed by atoms with van der Waals surface area (Å²) in [6, 6.07) is 9.59. The summed E-state index contributed by atoms with van der Waals surface area (Å²) >= 11 is 0. The Bertz CT molecular complexity index is 1510. The predicted octanol–water partition coefficient (Wildman–Crippen LogP) is 4.87. The lowest BCUT2D eigenvalue weighted by Gasteiger charge is -2.52. The zero-order chi connectivity index (χ0) is 30.9. The number of phenols is 1. The fourth-order valence-electron chi connectivity index (χ4n) is 7.85. The molecule has 2 saturated carbocycles. The van der Waals surface area contributed by atoms with Crippen molar-refractivity contribution in [3.05, 3.63) is 58.8 Å². The molecular formula is C34H42N4O5. The lowest BCUT2D eigenvalue weighted by Crippen LogP contribution is -2.50. The SMILES string of the molecule is C#C[C@]1(O)CC[C@H]2[C@@H]3CCc4cc(O)ccc4[C@H]3CC[C@@]21C.COc1cc(Cc2cnc(N)nc2N)cc(OC)c1OC. The smallest absolute Gasteiger partial charge is 0.221 e. The van der Waals surface area contributed by atoms with Crippen LogP contribution in [0.25, 0.3) is 0 Å². The number of ether oxygens (including phenoxy) is 3. The van der Waals surface area contributed by atoms with Gasteiger partial charge in [0.05, 0.1) is 21.3 Å². The van der Waals surface area contributed by atoms with Gasteiger partial charge in [-0.15, -0.1) is 6.42 Å². The van der Waals surface area contributed by atoms with E-state index < -0.39 is 5.60 Å². The number of hydrogen-bond acceptors (Lipinski definition) is 9. The second-order valence-electron chi connectivity index (χ2n) is 12.1. The lowest BCUT2D eigenvalue weighted by atomic mass is 9.53. The maximum absolute atomic E-state index is 10.9. The fraction of sp³-hybridized carbons (Fsp3) is 0.471. The Hall–Kier alpha value is -4.16. The zero-order valence-corrected chi connectivity index (χ0v) is 25.4. The van der Waals surface area contributed by atoms with Crippen molar-refractivity contribution >= 4 is 11.8 Å². The van der Waals surface area contributed by atoms with Crippen LogP contribution >= 0.6 is 0 Å². The van der Waals surface area contributed by atoms with Crippen molar-refractivity contribution in [2.75, 3.05) is 32.8 Å². The highest BCUT2D eigenvalue weighted by Gasteiger charge is 2.61. The maximum Gasteiger partial charge on any atom is 0.221 e. The first-order valence-corrected chi connectivity index (χ1v) is 14.7. The molecule has 1 aromatic heterocycles. The number of aromatic nitrogens is 2. The van der Waals surface area contributed by atoms with Gasteiger partial charge in [-0.25, -0.2) is 4.98 Å². The first kappa shape index (κ1) is 30.3. The molecule has 0 saturated heterocycles. The number of rotatable bonds is 5. The number of phenolic OH excluding ortho intramolecular Hbond substituents is 1. The Kier molecular flexibility index (Phi) is 8.35. The molecule has 43 heavy (non-hydrogen) atoms. The van der Waals surface area contributed by atoms with E-state index in [1.165, 1.54) is 11.1 Å². The molecule has 2 fully saturated rings. The molecular weight excluding hydrogens is 544 g/mol. The lowest BCUT2D eigenvalue weighted by molar-refractivity contribution is -0.0646. The first-order valence-electron chi connectivity index (χ1n) is 14.7. The molecule has 2 aromatic carbocycles. The van der Waals surface area contributed by atoms with Gasteiger partial charge in [0.15, 0.2) is 11.5 Å². The van der Waals surface area contributed by atoms with Crippen LogP contribution in [0.3, 0.4) is 0 Å². The van der Waals surface area contributed by atoms with Crippen LogP contribution in [0.5, 0.6) is 23.0 Å². The predicted molar refractivity (Wildman–Crippen MR) is 166 cm³/mol. The molecule has 3 aliphatic carbocycles. The molecule has 5 atom stereocenters. The zero-order valence-electron chi connectivity index (χ0n) is 25.4. The van der Waals surface area contributed by atoms with Crippen molar-refractivity contribution < 1.29 is 24.4 Å². The van der Waals surface area contributed by atoms with E-state index in [0.29, 0.717) is 53.0 Å². The van der Waals surface area contributed by atoms with Crippen molar-refractivity contribution in [3.63, 3.8) is 0 Å². The van der Waals surface area contributed by atoms with E-state index in [1.807, 2.05) is 24.3 Å². The summed E-state index contributed by atoms with van der Waals surface area (Å²) in [4.78, 5) is 7.90. The number of aromatic hydroxyl groups is 1. The number of nitrogens with two attached hydrogens (primary N) is 2. The number of aryl methyl sites for hydroxylation is 1. The molecule has 0 aliphatic heterocycles. The Morgan fingerprint density at radius 3 is 2.37 bits per heavy atom. The molecule has 9 nitrogen and oxygen atoms in total. The summed E-state index contributed by atoms with van der Waals surface area (Å²) in [6.07, 6.45) is 13.9. The molecule has 1 heterocycles. The van der Waals surface area contributed by atoms with Crippen LogP contribution in [0.4, 0.5) is 11.8 Å². The van der Waals surface area contributed by atoms with E-state index in [-0.39, 0.29) is 11.4 Å². The quantitative estimate of drug-likeness (QED) is 0.308. The Morgan fingerprint density at radius 1 is 1.02 bits per heavy atom. The highest BCUT2D eigenvalue weighted by Crippen LogP contribution is 2.64. The van der Waals surface area contributed by atoms with E-state index in [0.717, 1.165) is 49.7 Å². The van der Waals surface area contributed by atoms with Gasteiger partial charge in [-0.1, -0.05) is 18.9 Å². The van der Waals surface area contributed by atoms with Crippen LogP contribution in [0.15, 0.2) is 36.5 Å². The molecule has 228 valence electrons. The number of terminal acetylenes is 1. The van der Waals surface area contributed by atoms with Crippen LogP contribution < -0.4 is 25.7 Å². The summed E-state index contributed by atoms with van der Waals surface area (Å²) in [5.74, 6) is 7.05. The number of hydrogen-bond donors (Lipinski definition) is 4. The summed E-state index contributed by atoms with van der Waals surface area (Å²) in [6.45, 7) is 2.22. The first-order chi connectivity index (χ1) is 20.6. The van der Waals surface area contributed by atoms with Crippen molar-refractivity contribution in [1.29, 1.82) is 0 Å². The second kappa shape index (κ2) is 11.8. The molecule has 0 spiro atoms. The molecule has 3 aromatic rings. The highest BCUT2D eigenvalue weighted by molar-refractivity contribution is 5.55. The molecule has 3 aliphatic rings. The summed E-state index contributed by atoms with van der Waals surface area (Å²) in [7, 11) is 4.70. The number of nitrogens with zero attached hydrogens (tertiary/aromatic N) is 2. The van der Waals surface area contributed by atoms with Gasteiger partial charge in [0.1, 0.15) is 17.2 Å². The van der Waals surface area contributed by atoms with E-state index >= 15 is 0 Å². The Morgan fingerprint density at radius 2 is 1.74 bits per heavy atom. The van der Waals surface area contributed by atoms with E-state index in [4.69, 9.17) is 32.1 Å². The van der Waals surface area contributed by atoms with Crippen LogP contribution in [-0.4, -0.2) is 47.1 Å². The normalized spacial score (nSPS) is 26.9. The minimum Gasteiger partial charge on any atom is -0.508 e. The van der Waals surface area contributed by atoms with Gasteiger partial charge in [-0.2, -0.15) is 4.98 Å². The van der Waals surface area contributed by atoms with Gasteiger partial charge < -0.3 is 35.9 Å². The number of fused-ring (bicyclic) bond motifs is 5. The topological polar surface area (TPSA) is 146 Å². The van der Waals surface area contributed by atoms with Gasteiger partial charge >= 0.3 is 0 Å². The Labute approximate surface area is 253 Å². The van der Waals surface area contributed by atoms with Crippen molar-refractivity contribution in [1.82, 2.24) is 9.97 Å². The number of methoxy groups -OCH3 is 3. The highest BCUT2D eigenvalue weighted by atomic mass is 16.5. The van der Waals surface area contributed by atoms with Gasteiger partial charge in [-0.05, 0) is 97.2 Å². The van der Waals surface area contributed by atoms with Crippen LogP contribution in [0, 0.1) is 29.6 Å². The van der Waals surface area contributed by atoms with E-state index in [2.05, 4.69) is 28.9 Å². The number of nitrogen functional groups attached to an aromatic ring is 2. The monoisotopic (exact) mass is 586 g/mol. The molecule has 0 bridgehead atoms. The van der Waals surface area contributed by atoms with E-state index in [1.54, 1.807) is 27.5 Å². The molecule has 0 amide bonds. The molecule has 6 N–H and O–H groups in total. The third-order valence-electron chi connectivity index (χ3n) is 10.1.